The molecule has 0 bridgehead atoms. The van der Waals surface area contributed by atoms with Crippen LogP contribution in [-0.2, 0) is 17.9 Å². The number of fused-ring (bicyclic) bond motifs is 1. The number of benzene rings is 1. The average molecular weight is 474 g/mol. The Hall–Kier alpha value is -2.81. The van der Waals surface area contributed by atoms with Gasteiger partial charge in [-0.15, -0.1) is 29.3 Å². The van der Waals surface area contributed by atoms with Gasteiger partial charge < -0.3 is 4.90 Å². The monoisotopic (exact) mass is 473 g/mol. The number of nitrogens with zero attached hydrogens (tertiary/aromatic N) is 3. The van der Waals surface area contributed by atoms with E-state index in [1.54, 1.807) is 29.2 Å². The van der Waals surface area contributed by atoms with E-state index in [0.29, 0.717) is 33.2 Å². The number of thiophene rings is 2. The van der Waals surface area contributed by atoms with Crippen molar-refractivity contribution in [3.63, 3.8) is 0 Å². The molecule has 0 atom stereocenters. The van der Waals surface area contributed by atoms with E-state index in [2.05, 4.69) is 11.6 Å². The lowest BCUT2D eigenvalue weighted by molar-refractivity contribution is -0.131. The minimum Gasteiger partial charge on any atom is -0.332 e. The van der Waals surface area contributed by atoms with Crippen LogP contribution in [0.3, 0.4) is 0 Å². The topological polar surface area (TPSA) is 55.2 Å². The number of carbonyl (C=O) groups excluding carboxylic acids is 1. The van der Waals surface area contributed by atoms with Crippen molar-refractivity contribution in [3.05, 3.63) is 86.1 Å². The molecule has 1 amide bonds. The summed E-state index contributed by atoms with van der Waals surface area (Å²) in [6.45, 7) is 4.30. The highest BCUT2D eigenvalue weighted by Gasteiger charge is 2.18. The van der Waals surface area contributed by atoms with Gasteiger partial charge in [0.05, 0.1) is 22.6 Å². The molecule has 158 valence electrons. The summed E-state index contributed by atoms with van der Waals surface area (Å²) in [5.74, 6) is -0.579. The Kier molecular flexibility index (Phi) is 6.31. The van der Waals surface area contributed by atoms with Gasteiger partial charge in [0.25, 0.3) is 5.56 Å². The highest BCUT2D eigenvalue weighted by molar-refractivity contribution is 7.17. The van der Waals surface area contributed by atoms with Gasteiger partial charge in [-0.3, -0.25) is 14.2 Å². The third kappa shape index (κ3) is 4.61. The van der Waals surface area contributed by atoms with Crippen molar-refractivity contribution in [2.45, 2.75) is 13.1 Å². The van der Waals surface area contributed by atoms with Crippen molar-refractivity contribution in [2.75, 3.05) is 6.54 Å². The molecule has 0 N–H and O–H groups in total. The maximum Gasteiger partial charge on any atom is 0.263 e. The van der Waals surface area contributed by atoms with Crippen molar-refractivity contribution in [2.24, 2.45) is 0 Å². The van der Waals surface area contributed by atoms with E-state index in [9.17, 15) is 14.0 Å². The third-order valence-corrected chi connectivity index (χ3v) is 6.80. The number of amides is 1. The predicted molar refractivity (Wildman–Crippen MR) is 124 cm³/mol. The molecule has 0 aliphatic rings. The molecular formula is C22H17ClFN3O2S2. The van der Waals surface area contributed by atoms with E-state index in [1.165, 1.54) is 45.7 Å². The molecule has 0 fully saturated rings. The first-order chi connectivity index (χ1) is 15.0. The van der Waals surface area contributed by atoms with Crippen LogP contribution in [0.5, 0.6) is 0 Å². The number of carbonyl (C=O) groups is 1. The van der Waals surface area contributed by atoms with Gasteiger partial charge in [-0.1, -0.05) is 29.8 Å². The fourth-order valence-corrected chi connectivity index (χ4v) is 5.21. The van der Waals surface area contributed by atoms with Gasteiger partial charge in [-0.2, -0.15) is 0 Å². The Morgan fingerprint density at radius 1 is 1.26 bits per heavy atom. The number of rotatable bonds is 7. The molecule has 9 heteroatoms. The molecule has 4 rings (SSSR count). The summed E-state index contributed by atoms with van der Waals surface area (Å²) in [4.78, 5) is 33.6. The first kappa shape index (κ1) is 21.4. The molecule has 3 aromatic heterocycles. The molecule has 3 heterocycles. The number of aromatic nitrogens is 2. The zero-order valence-corrected chi connectivity index (χ0v) is 18.6. The summed E-state index contributed by atoms with van der Waals surface area (Å²) in [6, 6.07) is 9.60. The van der Waals surface area contributed by atoms with Gasteiger partial charge in [0.2, 0.25) is 5.91 Å². The largest absolute Gasteiger partial charge is 0.332 e. The van der Waals surface area contributed by atoms with Crippen molar-refractivity contribution >= 4 is 50.4 Å². The van der Waals surface area contributed by atoms with Crippen LogP contribution in [0.2, 0.25) is 4.34 Å². The van der Waals surface area contributed by atoms with Crippen molar-refractivity contribution in [3.8, 4) is 11.1 Å². The lowest BCUT2D eigenvalue weighted by Crippen LogP contribution is -2.36. The molecule has 0 aliphatic heterocycles. The lowest BCUT2D eigenvalue weighted by atomic mass is 10.1. The zero-order valence-electron chi connectivity index (χ0n) is 16.3. The molecule has 0 unspecified atom stereocenters. The van der Waals surface area contributed by atoms with Crippen molar-refractivity contribution in [1.29, 1.82) is 0 Å². The maximum absolute atomic E-state index is 13.3. The van der Waals surface area contributed by atoms with Crippen LogP contribution in [0, 0.1) is 5.82 Å². The highest BCUT2D eigenvalue weighted by Crippen LogP contribution is 2.30. The van der Waals surface area contributed by atoms with Gasteiger partial charge >= 0.3 is 0 Å². The predicted octanol–water partition coefficient (Wildman–Crippen LogP) is 5.19. The summed E-state index contributed by atoms with van der Waals surface area (Å²) in [6.07, 6.45) is 3.03. The van der Waals surface area contributed by atoms with E-state index < -0.39 is 0 Å². The number of hydrogen-bond acceptors (Lipinski definition) is 5. The Balaban J connectivity index is 1.64. The molecular weight excluding hydrogens is 457 g/mol. The average Bonchev–Trinajstić information content (AvgIpc) is 3.37. The maximum atomic E-state index is 13.3. The van der Waals surface area contributed by atoms with Crippen LogP contribution < -0.4 is 5.56 Å². The van der Waals surface area contributed by atoms with Gasteiger partial charge in [-0.05, 0) is 29.8 Å². The Morgan fingerprint density at radius 3 is 2.71 bits per heavy atom. The smallest absolute Gasteiger partial charge is 0.263 e. The lowest BCUT2D eigenvalue weighted by Gasteiger charge is -2.21. The fourth-order valence-electron chi connectivity index (χ4n) is 3.20. The van der Waals surface area contributed by atoms with Gasteiger partial charge in [-0.25, -0.2) is 9.37 Å². The first-order valence-electron chi connectivity index (χ1n) is 9.31. The second-order valence-electron chi connectivity index (χ2n) is 6.78. The SMILES string of the molecule is C=CCN(Cc1ccc(Cl)s1)C(=O)Cn1cnc2scc(-c3ccc(F)cc3)c2c1=O. The van der Waals surface area contributed by atoms with Crippen molar-refractivity contribution in [1.82, 2.24) is 14.5 Å². The molecule has 0 spiro atoms. The number of halogens is 2. The third-order valence-electron chi connectivity index (χ3n) is 4.70. The van der Waals surface area contributed by atoms with Crippen LogP contribution >= 0.6 is 34.3 Å². The fraction of sp³-hybridized carbons (Fsp3) is 0.136. The second-order valence-corrected chi connectivity index (χ2v) is 9.44. The summed E-state index contributed by atoms with van der Waals surface area (Å²) in [5, 5.41) is 2.25. The number of hydrogen-bond donors (Lipinski definition) is 0. The van der Waals surface area contributed by atoms with E-state index >= 15 is 0 Å². The summed E-state index contributed by atoms with van der Waals surface area (Å²) < 4.78 is 15.3. The molecule has 4 aromatic rings. The minimum atomic E-state index is -0.348. The molecule has 31 heavy (non-hydrogen) atoms. The van der Waals surface area contributed by atoms with E-state index in [4.69, 9.17) is 11.6 Å². The summed E-state index contributed by atoms with van der Waals surface area (Å²) in [7, 11) is 0. The van der Waals surface area contributed by atoms with Crippen LogP contribution in [0.15, 0.2) is 65.6 Å². The molecule has 0 aliphatic carbocycles. The molecule has 1 aromatic carbocycles. The first-order valence-corrected chi connectivity index (χ1v) is 11.4. The Morgan fingerprint density at radius 2 is 2.03 bits per heavy atom. The van der Waals surface area contributed by atoms with E-state index in [-0.39, 0.29) is 23.8 Å². The van der Waals surface area contributed by atoms with Crippen LogP contribution in [0.1, 0.15) is 4.88 Å². The molecule has 0 saturated carbocycles. The van der Waals surface area contributed by atoms with Gasteiger partial charge in [0.1, 0.15) is 17.2 Å². The molecule has 5 nitrogen and oxygen atoms in total. The normalized spacial score (nSPS) is 11.0. The van der Waals surface area contributed by atoms with E-state index in [0.717, 1.165) is 10.4 Å². The second kappa shape index (κ2) is 9.13. The highest BCUT2D eigenvalue weighted by atomic mass is 35.5. The van der Waals surface area contributed by atoms with Crippen LogP contribution in [0.25, 0.3) is 21.3 Å². The summed E-state index contributed by atoms with van der Waals surface area (Å²) >= 11 is 8.73. The Bertz CT molecular complexity index is 1310. The van der Waals surface area contributed by atoms with Crippen LogP contribution in [0.4, 0.5) is 4.39 Å². The Labute approximate surface area is 190 Å². The molecule has 0 saturated heterocycles. The molecule has 0 radical (unpaired) electrons. The van der Waals surface area contributed by atoms with E-state index in [1.807, 2.05) is 11.4 Å². The zero-order chi connectivity index (χ0) is 22.0. The minimum absolute atomic E-state index is 0.145. The van der Waals surface area contributed by atoms with Gasteiger partial charge in [0.15, 0.2) is 0 Å². The van der Waals surface area contributed by atoms with Crippen LogP contribution in [-0.4, -0.2) is 26.9 Å². The standard InChI is InChI=1S/C22H17ClFN3O2S2/c1-2-9-26(10-16-7-8-18(23)31-16)19(28)11-27-13-25-21-20(22(27)29)17(12-30-21)14-3-5-15(24)6-4-14/h2-8,12-13H,1,9-11H2. The van der Waals surface area contributed by atoms with Crippen molar-refractivity contribution < 1.29 is 9.18 Å². The quantitative estimate of drug-likeness (QED) is 0.347. The van der Waals surface area contributed by atoms with Gasteiger partial charge in [0, 0.05) is 22.4 Å². The summed E-state index contributed by atoms with van der Waals surface area (Å²) in [5.41, 5.74) is 1.09.